The van der Waals surface area contributed by atoms with E-state index in [1.165, 1.54) is 30.5 Å². The second-order valence-corrected chi connectivity index (χ2v) is 6.46. The van der Waals surface area contributed by atoms with Crippen LogP contribution in [0, 0.1) is 0 Å². The van der Waals surface area contributed by atoms with Crippen molar-refractivity contribution in [1.29, 1.82) is 0 Å². The summed E-state index contributed by atoms with van der Waals surface area (Å²) < 4.78 is 7.56. The number of nitrogens with zero attached hydrogens (tertiary/aromatic N) is 4. The van der Waals surface area contributed by atoms with Crippen LogP contribution in [0.25, 0.3) is 0 Å². The van der Waals surface area contributed by atoms with Crippen molar-refractivity contribution in [3.05, 3.63) is 29.2 Å². The maximum Gasteiger partial charge on any atom is 0.243 e. The molecule has 2 aromatic rings. The molecule has 22 heavy (non-hydrogen) atoms. The number of hydrogen-bond acceptors (Lipinski definition) is 5. The molecular weight excluding hydrogens is 278 g/mol. The van der Waals surface area contributed by atoms with E-state index < -0.39 is 0 Å². The molecule has 2 aliphatic rings. The molecule has 6 nitrogen and oxygen atoms in total. The summed E-state index contributed by atoms with van der Waals surface area (Å²) in [7, 11) is 0. The van der Waals surface area contributed by atoms with Gasteiger partial charge >= 0.3 is 0 Å². The van der Waals surface area contributed by atoms with Crippen LogP contribution in [0.15, 0.2) is 10.7 Å². The lowest BCUT2D eigenvalue weighted by Gasteiger charge is -2.26. The molecule has 0 aliphatic heterocycles. The fourth-order valence-electron chi connectivity index (χ4n) is 3.37. The number of aromatic nitrogens is 4. The Balaban J connectivity index is 1.49. The van der Waals surface area contributed by atoms with Gasteiger partial charge in [-0.05, 0) is 46.0 Å². The lowest BCUT2D eigenvalue weighted by atomic mass is 9.92. The third-order valence-corrected chi connectivity index (χ3v) is 4.78. The normalized spacial score (nSPS) is 22.5. The molecule has 2 heterocycles. The molecule has 2 aromatic heterocycles. The van der Waals surface area contributed by atoms with E-state index in [-0.39, 0.29) is 6.04 Å². The maximum absolute atomic E-state index is 5.44. The molecule has 0 spiro atoms. The second-order valence-electron chi connectivity index (χ2n) is 6.46. The van der Waals surface area contributed by atoms with E-state index in [0.717, 1.165) is 25.2 Å². The molecule has 4 rings (SSSR count). The van der Waals surface area contributed by atoms with Crippen LogP contribution in [0.5, 0.6) is 0 Å². The SMILES string of the molecule is CCn1ncc2c1CCC[C@H]2N[C@H](C)c1nc(C2CC2)no1. The Morgan fingerprint density at radius 2 is 2.27 bits per heavy atom. The van der Waals surface area contributed by atoms with Gasteiger partial charge in [-0.15, -0.1) is 0 Å². The molecule has 0 aromatic carbocycles. The Morgan fingerprint density at radius 3 is 3.05 bits per heavy atom. The molecular formula is C16H23N5O. The van der Waals surface area contributed by atoms with Crippen LogP contribution in [-0.2, 0) is 13.0 Å². The van der Waals surface area contributed by atoms with Crippen LogP contribution in [0.1, 0.15) is 80.5 Å². The predicted molar refractivity (Wildman–Crippen MR) is 81.4 cm³/mol. The minimum absolute atomic E-state index is 0.0703. The van der Waals surface area contributed by atoms with Crippen LogP contribution in [0.2, 0.25) is 0 Å². The topological polar surface area (TPSA) is 68.8 Å². The van der Waals surface area contributed by atoms with Crippen molar-refractivity contribution < 1.29 is 4.52 Å². The highest BCUT2D eigenvalue weighted by Gasteiger charge is 2.31. The number of hydrogen-bond donors (Lipinski definition) is 1. The highest BCUT2D eigenvalue weighted by Crippen LogP contribution is 2.38. The molecule has 118 valence electrons. The third-order valence-electron chi connectivity index (χ3n) is 4.78. The average Bonchev–Trinajstić information content (AvgIpc) is 3.11. The first-order valence-corrected chi connectivity index (χ1v) is 8.40. The van der Waals surface area contributed by atoms with Crippen LogP contribution in [-0.4, -0.2) is 19.9 Å². The van der Waals surface area contributed by atoms with Crippen molar-refractivity contribution in [3.8, 4) is 0 Å². The number of rotatable bonds is 5. The average molecular weight is 301 g/mol. The number of aryl methyl sites for hydroxylation is 1. The van der Waals surface area contributed by atoms with Crippen LogP contribution in [0.4, 0.5) is 0 Å². The summed E-state index contributed by atoms with van der Waals surface area (Å²) in [6.07, 6.45) is 7.87. The summed E-state index contributed by atoms with van der Waals surface area (Å²) in [5, 5.41) is 12.3. The summed E-state index contributed by atoms with van der Waals surface area (Å²) in [4.78, 5) is 4.55. The maximum atomic E-state index is 5.44. The zero-order valence-corrected chi connectivity index (χ0v) is 13.2. The standard InChI is InChI=1S/C16H23N5O/c1-3-21-14-6-4-5-13(12(14)9-17-21)18-10(2)16-19-15(20-22-16)11-7-8-11/h9-11,13,18H,3-8H2,1-2H3/t10-,13-/m1/s1. The largest absolute Gasteiger partial charge is 0.338 e. The van der Waals surface area contributed by atoms with Crippen LogP contribution >= 0.6 is 0 Å². The van der Waals surface area contributed by atoms with Crippen molar-refractivity contribution in [2.45, 2.75) is 70.5 Å². The summed E-state index contributed by atoms with van der Waals surface area (Å²) >= 11 is 0. The summed E-state index contributed by atoms with van der Waals surface area (Å²) in [6, 6.07) is 0.399. The summed E-state index contributed by atoms with van der Waals surface area (Å²) in [5.41, 5.74) is 2.71. The van der Waals surface area contributed by atoms with Crippen molar-refractivity contribution in [2.75, 3.05) is 0 Å². The number of fused-ring (bicyclic) bond motifs is 1. The fraction of sp³-hybridized carbons (Fsp3) is 0.688. The zero-order chi connectivity index (χ0) is 15.1. The fourth-order valence-corrected chi connectivity index (χ4v) is 3.37. The Morgan fingerprint density at radius 1 is 1.41 bits per heavy atom. The third kappa shape index (κ3) is 2.45. The highest BCUT2D eigenvalue weighted by molar-refractivity contribution is 5.25. The van der Waals surface area contributed by atoms with E-state index in [2.05, 4.69) is 39.1 Å². The van der Waals surface area contributed by atoms with Gasteiger partial charge in [0.2, 0.25) is 5.89 Å². The first kappa shape index (κ1) is 13.9. The van der Waals surface area contributed by atoms with Crippen LogP contribution in [0.3, 0.4) is 0 Å². The Bertz CT molecular complexity index is 657. The molecule has 6 heteroatoms. The van der Waals surface area contributed by atoms with Gasteiger partial charge in [0.1, 0.15) is 0 Å². The molecule has 2 aliphatic carbocycles. The lowest BCUT2D eigenvalue weighted by molar-refractivity contribution is 0.311. The van der Waals surface area contributed by atoms with E-state index >= 15 is 0 Å². The quantitative estimate of drug-likeness (QED) is 0.919. The summed E-state index contributed by atoms with van der Waals surface area (Å²) in [5.74, 6) is 2.12. The molecule has 1 saturated carbocycles. The molecule has 0 amide bonds. The van der Waals surface area contributed by atoms with E-state index in [4.69, 9.17) is 4.52 Å². The Labute approximate surface area is 130 Å². The monoisotopic (exact) mass is 301 g/mol. The molecule has 0 bridgehead atoms. The van der Waals surface area contributed by atoms with E-state index in [0.29, 0.717) is 17.9 Å². The minimum atomic E-state index is 0.0703. The van der Waals surface area contributed by atoms with E-state index in [9.17, 15) is 0 Å². The van der Waals surface area contributed by atoms with Gasteiger partial charge < -0.3 is 4.52 Å². The lowest BCUT2D eigenvalue weighted by Crippen LogP contribution is -2.28. The molecule has 0 saturated heterocycles. The number of nitrogens with one attached hydrogen (secondary N) is 1. The molecule has 1 fully saturated rings. The first-order valence-electron chi connectivity index (χ1n) is 8.40. The van der Waals surface area contributed by atoms with Gasteiger partial charge in [0, 0.05) is 29.8 Å². The van der Waals surface area contributed by atoms with Gasteiger partial charge in [-0.25, -0.2) is 0 Å². The molecule has 2 atom stereocenters. The van der Waals surface area contributed by atoms with Crippen LogP contribution < -0.4 is 5.32 Å². The zero-order valence-electron chi connectivity index (χ0n) is 13.2. The first-order chi connectivity index (χ1) is 10.8. The van der Waals surface area contributed by atoms with Gasteiger partial charge in [0.25, 0.3) is 0 Å². The van der Waals surface area contributed by atoms with E-state index in [1.54, 1.807) is 0 Å². The second kappa shape index (κ2) is 5.50. The predicted octanol–water partition coefficient (Wildman–Crippen LogP) is 2.89. The Kier molecular flexibility index (Phi) is 3.48. The van der Waals surface area contributed by atoms with Gasteiger partial charge in [0.05, 0.1) is 12.2 Å². The van der Waals surface area contributed by atoms with E-state index in [1.807, 2.05) is 6.20 Å². The summed E-state index contributed by atoms with van der Waals surface area (Å²) in [6.45, 7) is 5.18. The Hall–Kier alpha value is -1.69. The van der Waals surface area contributed by atoms with Gasteiger partial charge in [-0.3, -0.25) is 10.00 Å². The highest BCUT2D eigenvalue weighted by atomic mass is 16.5. The van der Waals surface area contributed by atoms with Gasteiger partial charge in [-0.1, -0.05) is 5.16 Å². The molecule has 0 unspecified atom stereocenters. The van der Waals surface area contributed by atoms with Crippen molar-refractivity contribution in [1.82, 2.24) is 25.2 Å². The molecule has 0 radical (unpaired) electrons. The molecule has 1 N–H and O–H groups in total. The smallest absolute Gasteiger partial charge is 0.243 e. The minimum Gasteiger partial charge on any atom is -0.338 e. The van der Waals surface area contributed by atoms with Crippen molar-refractivity contribution in [2.24, 2.45) is 0 Å². The van der Waals surface area contributed by atoms with Gasteiger partial charge in [0.15, 0.2) is 5.82 Å². The van der Waals surface area contributed by atoms with Crippen molar-refractivity contribution in [3.63, 3.8) is 0 Å². The van der Waals surface area contributed by atoms with Gasteiger partial charge in [-0.2, -0.15) is 10.1 Å². The van der Waals surface area contributed by atoms with Crippen molar-refractivity contribution >= 4 is 0 Å².